The summed E-state index contributed by atoms with van der Waals surface area (Å²) in [4.78, 5) is 3.97. The van der Waals surface area contributed by atoms with Gasteiger partial charge in [0.15, 0.2) is 5.82 Å². The van der Waals surface area contributed by atoms with E-state index in [0.717, 1.165) is 11.1 Å². The molecule has 3 rings (SSSR count). The van der Waals surface area contributed by atoms with Crippen LogP contribution in [0.25, 0.3) is 11.4 Å². The summed E-state index contributed by atoms with van der Waals surface area (Å²) in [5.41, 5.74) is 1.71. The van der Waals surface area contributed by atoms with E-state index in [1.807, 2.05) is 18.2 Å². The van der Waals surface area contributed by atoms with Crippen molar-refractivity contribution in [3.63, 3.8) is 0 Å². The van der Waals surface area contributed by atoms with E-state index in [1.54, 1.807) is 24.5 Å². The Hall–Kier alpha value is -1.76. The van der Waals surface area contributed by atoms with Gasteiger partial charge in [-0.2, -0.15) is 0 Å². The van der Waals surface area contributed by atoms with Crippen LogP contribution in [0.3, 0.4) is 0 Å². The van der Waals surface area contributed by atoms with Gasteiger partial charge in [-0.05, 0) is 29.8 Å². The second kappa shape index (κ2) is 6.56. The van der Waals surface area contributed by atoms with Crippen molar-refractivity contribution in [2.24, 2.45) is 0 Å². The topological polar surface area (TPSA) is 69.6 Å². The third kappa shape index (κ3) is 3.04. The maximum Gasteiger partial charge on any atom is 0.210 e. The molecule has 0 saturated carbocycles. The molecule has 0 fully saturated rings. The molecule has 0 amide bonds. The van der Waals surface area contributed by atoms with Crippen LogP contribution in [-0.2, 0) is 5.75 Å². The van der Waals surface area contributed by atoms with Gasteiger partial charge in [0, 0.05) is 33.8 Å². The van der Waals surface area contributed by atoms with Crippen molar-refractivity contribution in [3.8, 4) is 11.4 Å². The minimum atomic E-state index is 0.560. The maximum atomic E-state index is 6.16. The molecule has 0 atom stereocenters. The molecule has 2 N–H and O–H groups in total. The molecule has 2 heterocycles. The minimum absolute atomic E-state index is 0.560. The summed E-state index contributed by atoms with van der Waals surface area (Å²) < 4.78 is 1.45. The molecule has 0 unspecified atom stereocenters. The van der Waals surface area contributed by atoms with Crippen molar-refractivity contribution in [2.45, 2.75) is 10.9 Å². The zero-order chi connectivity index (χ0) is 15.5. The highest BCUT2D eigenvalue weighted by atomic mass is 35.5. The fourth-order valence-corrected chi connectivity index (χ4v) is 3.48. The van der Waals surface area contributed by atoms with Gasteiger partial charge in [-0.25, -0.2) is 4.68 Å². The average molecular weight is 352 g/mol. The molecule has 22 heavy (non-hydrogen) atoms. The number of pyridine rings is 1. The number of aromatic nitrogens is 4. The Morgan fingerprint density at radius 1 is 1.05 bits per heavy atom. The van der Waals surface area contributed by atoms with Crippen LogP contribution in [0.4, 0.5) is 0 Å². The second-order valence-corrected chi connectivity index (χ2v) is 6.16. The summed E-state index contributed by atoms with van der Waals surface area (Å²) in [5.74, 6) is 7.20. The number of nitrogen functional groups attached to an aromatic ring is 1. The van der Waals surface area contributed by atoms with Crippen molar-refractivity contribution >= 4 is 35.0 Å². The number of thioether (sulfide) groups is 1. The van der Waals surface area contributed by atoms with Crippen LogP contribution in [0.2, 0.25) is 10.0 Å². The summed E-state index contributed by atoms with van der Waals surface area (Å²) in [5, 5.41) is 10.1. The number of hydrogen-bond donors (Lipinski definition) is 1. The van der Waals surface area contributed by atoms with Crippen molar-refractivity contribution in [1.82, 2.24) is 19.9 Å². The van der Waals surface area contributed by atoms with Gasteiger partial charge in [0.2, 0.25) is 5.16 Å². The molecule has 0 spiro atoms. The highest BCUT2D eigenvalue weighted by Crippen LogP contribution is 2.31. The monoisotopic (exact) mass is 351 g/mol. The van der Waals surface area contributed by atoms with Crippen LogP contribution in [0.15, 0.2) is 47.9 Å². The SMILES string of the molecule is Nn1c(SCc2c(Cl)cccc2Cl)nnc1-c1ccncc1. The van der Waals surface area contributed by atoms with E-state index < -0.39 is 0 Å². The number of benzene rings is 1. The van der Waals surface area contributed by atoms with Gasteiger partial charge < -0.3 is 5.84 Å². The molecular formula is C14H11Cl2N5S. The minimum Gasteiger partial charge on any atom is -0.335 e. The van der Waals surface area contributed by atoms with Crippen molar-refractivity contribution in [1.29, 1.82) is 0 Å². The summed E-state index contributed by atoms with van der Waals surface area (Å²) in [6.45, 7) is 0. The zero-order valence-electron chi connectivity index (χ0n) is 11.3. The number of halogens is 2. The number of nitrogens with two attached hydrogens (primary N) is 1. The predicted octanol–water partition coefficient (Wildman–Crippen LogP) is 3.65. The molecule has 0 saturated heterocycles. The Kier molecular flexibility index (Phi) is 4.52. The quantitative estimate of drug-likeness (QED) is 0.573. The fraction of sp³-hybridized carbons (Fsp3) is 0.0714. The Morgan fingerprint density at radius 2 is 1.73 bits per heavy atom. The van der Waals surface area contributed by atoms with E-state index in [1.165, 1.54) is 16.4 Å². The molecule has 3 aromatic rings. The maximum absolute atomic E-state index is 6.16. The number of nitrogens with zero attached hydrogens (tertiary/aromatic N) is 4. The van der Waals surface area contributed by atoms with E-state index in [4.69, 9.17) is 29.0 Å². The number of rotatable bonds is 4. The summed E-state index contributed by atoms with van der Waals surface area (Å²) in [6.07, 6.45) is 3.36. The fourth-order valence-electron chi connectivity index (χ4n) is 1.88. The first kappa shape index (κ1) is 15.1. The van der Waals surface area contributed by atoms with Crippen LogP contribution >= 0.6 is 35.0 Å². The smallest absolute Gasteiger partial charge is 0.210 e. The lowest BCUT2D eigenvalue weighted by molar-refractivity contribution is 0.849. The van der Waals surface area contributed by atoms with Crippen LogP contribution in [0, 0.1) is 0 Å². The first-order valence-electron chi connectivity index (χ1n) is 6.33. The number of hydrogen-bond acceptors (Lipinski definition) is 5. The second-order valence-electron chi connectivity index (χ2n) is 4.40. The molecule has 2 aromatic heterocycles. The molecule has 5 nitrogen and oxygen atoms in total. The Bertz CT molecular complexity index is 771. The van der Waals surface area contributed by atoms with Gasteiger partial charge in [-0.15, -0.1) is 10.2 Å². The Labute approximate surface area is 141 Å². The van der Waals surface area contributed by atoms with E-state index >= 15 is 0 Å². The molecule has 0 aliphatic rings. The Balaban J connectivity index is 1.81. The standard InChI is InChI=1S/C14H11Cl2N5S/c15-11-2-1-3-12(16)10(11)8-22-14-20-19-13(21(14)17)9-4-6-18-7-5-9/h1-7H,8,17H2. The molecule has 8 heteroatoms. The van der Waals surface area contributed by atoms with Crippen LogP contribution in [-0.4, -0.2) is 19.9 Å². The molecule has 1 aromatic carbocycles. The summed E-state index contributed by atoms with van der Waals surface area (Å²) >= 11 is 13.7. The van der Waals surface area contributed by atoms with Crippen LogP contribution in [0.1, 0.15) is 5.56 Å². The summed E-state index contributed by atoms with van der Waals surface area (Å²) in [7, 11) is 0. The first-order chi connectivity index (χ1) is 10.7. The summed E-state index contributed by atoms with van der Waals surface area (Å²) in [6, 6.07) is 9.07. The van der Waals surface area contributed by atoms with Gasteiger partial charge in [0.1, 0.15) is 0 Å². The van der Waals surface area contributed by atoms with E-state index in [9.17, 15) is 0 Å². The van der Waals surface area contributed by atoms with E-state index in [0.29, 0.717) is 26.8 Å². The molecule has 0 radical (unpaired) electrons. The third-order valence-corrected chi connectivity index (χ3v) is 4.69. The average Bonchev–Trinajstić information content (AvgIpc) is 2.89. The lowest BCUT2D eigenvalue weighted by Gasteiger charge is -2.06. The van der Waals surface area contributed by atoms with Gasteiger partial charge in [0.25, 0.3) is 0 Å². The van der Waals surface area contributed by atoms with Gasteiger partial charge in [-0.1, -0.05) is 41.0 Å². The van der Waals surface area contributed by atoms with Gasteiger partial charge >= 0.3 is 0 Å². The highest BCUT2D eigenvalue weighted by Gasteiger charge is 2.13. The molecule has 0 bridgehead atoms. The van der Waals surface area contributed by atoms with Crippen LogP contribution in [0.5, 0.6) is 0 Å². The first-order valence-corrected chi connectivity index (χ1v) is 8.07. The lowest BCUT2D eigenvalue weighted by Crippen LogP contribution is -2.11. The zero-order valence-corrected chi connectivity index (χ0v) is 13.6. The van der Waals surface area contributed by atoms with Gasteiger partial charge in [-0.3, -0.25) is 4.98 Å². The predicted molar refractivity (Wildman–Crippen MR) is 89.4 cm³/mol. The highest BCUT2D eigenvalue weighted by molar-refractivity contribution is 7.98. The lowest BCUT2D eigenvalue weighted by atomic mass is 10.2. The molecule has 112 valence electrons. The largest absolute Gasteiger partial charge is 0.335 e. The molecule has 0 aliphatic heterocycles. The third-order valence-electron chi connectivity index (χ3n) is 3.01. The van der Waals surface area contributed by atoms with Crippen molar-refractivity contribution < 1.29 is 0 Å². The van der Waals surface area contributed by atoms with Crippen LogP contribution < -0.4 is 5.84 Å². The molecule has 0 aliphatic carbocycles. The van der Waals surface area contributed by atoms with Gasteiger partial charge in [0.05, 0.1) is 0 Å². The van der Waals surface area contributed by atoms with E-state index in [2.05, 4.69) is 15.2 Å². The molecular weight excluding hydrogens is 341 g/mol. The normalized spacial score (nSPS) is 10.8. The van der Waals surface area contributed by atoms with E-state index in [-0.39, 0.29) is 0 Å². The van der Waals surface area contributed by atoms with Crippen molar-refractivity contribution in [2.75, 3.05) is 5.84 Å². The Morgan fingerprint density at radius 3 is 2.41 bits per heavy atom. The van der Waals surface area contributed by atoms with Crippen molar-refractivity contribution in [3.05, 3.63) is 58.3 Å².